The standard InChI is InChI=1S/C16H12Cl2N2/c17-13-7-6-12(9-14(13)18)15-10-19-16(20-15)8-11-4-2-1-3-5-11/h1-7,9-10H,8H2,(H,19,20). The van der Waals surface area contributed by atoms with Crippen LogP contribution in [0.1, 0.15) is 11.4 Å². The van der Waals surface area contributed by atoms with Crippen molar-refractivity contribution < 1.29 is 0 Å². The Labute approximate surface area is 127 Å². The van der Waals surface area contributed by atoms with E-state index in [0.717, 1.165) is 23.5 Å². The molecule has 0 aliphatic carbocycles. The Kier molecular flexibility index (Phi) is 3.77. The summed E-state index contributed by atoms with van der Waals surface area (Å²) in [6, 6.07) is 15.7. The molecule has 0 aliphatic rings. The molecule has 3 rings (SSSR count). The third-order valence-electron chi connectivity index (χ3n) is 3.06. The van der Waals surface area contributed by atoms with E-state index in [4.69, 9.17) is 23.2 Å². The normalized spacial score (nSPS) is 10.7. The van der Waals surface area contributed by atoms with Crippen molar-refractivity contribution in [2.75, 3.05) is 0 Å². The number of hydrogen-bond donors (Lipinski definition) is 1. The lowest BCUT2D eigenvalue weighted by molar-refractivity contribution is 1.03. The lowest BCUT2D eigenvalue weighted by Gasteiger charge is -1.99. The Bertz CT molecular complexity index is 720. The molecule has 0 fully saturated rings. The fourth-order valence-corrected chi connectivity index (χ4v) is 2.34. The van der Waals surface area contributed by atoms with Crippen LogP contribution in [0.25, 0.3) is 11.3 Å². The van der Waals surface area contributed by atoms with Crippen LogP contribution in [0.5, 0.6) is 0 Å². The van der Waals surface area contributed by atoms with Crippen molar-refractivity contribution in [3.8, 4) is 11.3 Å². The van der Waals surface area contributed by atoms with Gasteiger partial charge in [0, 0.05) is 18.2 Å². The van der Waals surface area contributed by atoms with Gasteiger partial charge in [0.05, 0.1) is 15.7 Å². The summed E-state index contributed by atoms with van der Waals surface area (Å²) in [4.78, 5) is 7.79. The molecule has 3 aromatic rings. The Morgan fingerprint density at radius 3 is 2.50 bits per heavy atom. The lowest BCUT2D eigenvalue weighted by Crippen LogP contribution is -1.90. The van der Waals surface area contributed by atoms with Gasteiger partial charge in [0.15, 0.2) is 0 Å². The molecule has 4 heteroatoms. The minimum absolute atomic E-state index is 0.539. The Morgan fingerprint density at radius 2 is 1.75 bits per heavy atom. The van der Waals surface area contributed by atoms with Gasteiger partial charge in [-0.25, -0.2) is 4.98 Å². The zero-order valence-electron chi connectivity index (χ0n) is 10.6. The highest BCUT2D eigenvalue weighted by Crippen LogP contribution is 2.27. The van der Waals surface area contributed by atoms with Gasteiger partial charge in [0.1, 0.15) is 5.82 Å². The zero-order chi connectivity index (χ0) is 13.9. The first-order valence-electron chi connectivity index (χ1n) is 6.26. The van der Waals surface area contributed by atoms with Crippen LogP contribution in [0.15, 0.2) is 54.7 Å². The molecule has 1 heterocycles. The van der Waals surface area contributed by atoms with E-state index in [-0.39, 0.29) is 0 Å². The van der Waals surface area contributed by atoms with E-state index < -0.39 is 0 Å². The van der Waals surface area contributed by atoms with Crippen molar-refractivity contribution in [1.82, 2.24) is 9.97 Å². The van der Waals surface area contributed by atoms with Crippen molar-refractivity contribution in [2.45, 2.75) is 6.42 Å². The lowest BCUT2D eigenvalue weighted by atomic mass is 10.1. The molecule has 0 atom stereocenters. The van der Waals surface area contributed by atoms with Crippen LogP contribution in [-0.4, -0.2) is 9.97 Å². The highest BCUT2D eigenvalue weighted by Gasteiger charge is 2.06. The first kappa shape index (κ1) is 13.2. The monoisotopic (exact) mass is 302 g/mol. The van der Waals surface area contributed by atoms with E-state index in [9.17, 15) is 0 Å². The number of benzene rings is 2. The minimum Gasteiger partial charge on any atom is -0.348 e. The fourth-order valence-electron chi connectivity index (χ4n) is 2.04. The van der Waals surface area contributed by atoms with Crippen LogP contribution in [0.4, 0.5) is 0 Å². The smallest absolute Gasteiger partial charge is 0.111 e. The number of aromatic amines is 1. The van der Waals surface area contributed by atoms with E-state index in [1.54, 1.807) is 6.07 Å². The van der Waals surface area contributed by atoms with Gasteiger partial charge in [-0.1, -0.05) is 59.6 Å². The van der Waals surface area contributed by atoms with Crippen LogP contribution in [0.3, 0.4) is 0 Å². The summed E-state index contributed by atoms with van der Waals surface area (Å²) in [5, 5.41) is 1.09. The summed E-state index contributed by atoms with van der Waals surface area (Å²) >= 11 is 12.0. The molecular formula is C16H12Cl2N2. The molecule has 0 aliphatic heterocycles. The summed E-state index contributed by atoms with van der Waals surface area (Å²) in [6.45, 7) is 0. The predicted molar refractivity (Wildman–Crippen MR) is 83.3 cm³/mol. The molecule has 0 saturated heterocycles. The molecule has 0 bridgehead atoms. The second kappa shape index (κ2) is 5.70. The molecule has 0 amide bonds. The van der Waals surface area contributed by atoms with Gasteiger partial charge in [-0.2, -0.15) is 0 Å². The highest BCUT2D eigenvalue weighted by atomic mass is 35.5. The van der Waals surface area contributed by atoms with E-state index in [1.165, 1.54) is 5.56 Å². The van der Waals surface area contributed by atoms with Crippen LogP contribution >= 0.6 is 23.2 Å². The Hall–Kier alpha value is -1.77. The fraction of sp³-hybridized carbons (Fsp3) is 0.0625. The first-order valence-corrected chi connectivity index (χ1v) is 7.01. The van der Waals surface area contributed by atoms with E-state index >= 15 is 0 Å². The van der Waals surface area contributed by atoms with Gasteiger partial charge in [-0.05, 0) is 17.7 Å². The van der Waals surface area contributed by atoms with Gasteiger partial charge in [-0.15, -0.1) is 0 Å². The topological polar surface area (TPSA) is 28.7 Å². The van der Waals surface area contributed by atoms with Crippen LogP contribution in [0, 0.1) is 0 Å². The summed E-state index contributed by atoms with van der Waals surface area (Å²) in [6.07, 6.45) is 2.67. The van der Waals surface area contributed by atoms with Gasteiger partial charge < -0.3 is 4.98 Å². The molecule has 2 nitrogen and oxygen atoms in total. The highest BCUT2D eigenvalue weighted by molar-refractivity contribution is 6.42. The molecule has 100 valence electrons. The number of nitrogens with zero attached hydrogens (tertiary/aromatic N) is 1. The number of H-pyrrole nitrogens is 1. The van der Waals surface area contributed by atoms with Crippen LogP contribution in [0.2, 0.25) is 10.0 Å². The maximum absolute atomic E-state index is 6.03. The number of nitrogens with one attached hydrogen (secondary N) is 1. The second-order valence-corrected chi connectivity index (χ2v) is 5.34. The quantitative estimate of drug-likeness (QED) is 0.726. The summed E-state index contributed by atoms with van der Waals surface area (Å²) < 4.78 is 0. The first-order chi connectivity index (χ1) is 9.72. The van der Waals surface area contributed by atoms with Gasteiger partial charge in [0.25, 0.3) is 0 Å². The molecular weight excluding hydrogens is 291 g/mol. The van der Waals surface area contributed by atoms with Gasteiger partial charge >= 0.3 is 0 Å². The Morgan fingerprint density at radius 1 is 0.950 bits per heavy atom. The third kappa shape index (κ3) is 2.87. The van der Waals surface area contributed by atoms with Crippen molar-refractivity contribution in [1.29, 1.82) is 0 Å². The predicted octanol–water partition coefficient (Wildman–Crippen LogP) is 4.97. The molecule has 1 N–H and O–H groups in total. The SMILES string of the molecule is Clc1ccc(-c2c[nH]c(Cc3ccccc3)n2)cc1Cl. The summed E-state index contributed by atoms with van der Waals surface area (Å²) in [5.74, 6) is 0.928. The van der Waals surface area contributed by atoms with Crippen LogP contribution in [-0.2, 0) is 6.42 Å². The summed E-state index contributed by atoms with van der Waals surface area (Å²) in [5.41, 5.74) is 3.05. The molecule has 1 aromatic heterocycles. The Balaban J connectivity index is 1.84. The van der Waals surface area contributed by atoms with Crippen LogP contribution < -0.4 is 0 Å². The largest absolute Gasteiger partial charge is 0.348 e. The summed E-state index contributed by atoms with van der Waals surface area (Å²) in [7, 11) is 0. The number of hydrogen-bond acceptors (Lipinski definition) is 1. The van der Waals surface area contributed by atoms with E-state index in [1.807, 2.05) is 36.5 Å². The van der Waals surface area contributed by atoms with Crippen molar-refractivity contribution in [3.05, 3.63) is 76.2 Å². The molecule has 0 saturated carbocycles. The average Bonchev–Trinajstić information content (AvgIpc) is 2.91. The van der Waals surface area contributed by atoms with E-state index in [2.05, 4.69) is 22.1 Å². The molecule has 0 spiro atoms. The number of halogens is 2. The van der Waals surface area contributed by atoms with Gasteiger partial charge in [-0.3, -0.25) is 0 Å². The van der Waals surface area contributed by atoms with E-state index in [0.29, 0.717) is 10.0 Å². The third-order valence-corrected chi connectivity index (χ3v) is 3.80. The number of imidazole rings is 1. The number of aromatic nitrogens is 2. The second-order valence-electron chi connectivity index (χ2n) is 4.52. The minimum atomic E-state index is 0.539. The molecule has 2 aromatic carbocycles. The number of rotatable bonds is 3. The average molecular weight is 303 g/mol. The molecule has 20 heavy (non-hydrogen) atoms. The van der Waals surface area contributed by atoms with Crippen molar-refractivity contribution in [2.24, 2.45) is 0 Å². The van der Waals surface area contributed by atoms with Crippen molar-refractivity contribution >= 4 is 23.2 Å². The molecule has 0 unspecified atom stereocenters. The maximum atomic E-state index is 6.03. The maximum Gasteiger partial charge on any atom is 0.111 e. The zero-order valence-corrected chi connectivity index (χ0v) is 12.1. The molecule has 0 radical (unpaired) electrons. The van der Waals surface area contributed by atoms with Crippen molar-refractivity contribution in [3.63, 3.8) is 0 Å². The van der Waals surface area contributed by atoms with Gasteiger partial charge in [0.2, 0.25) is 0 Å².